The zero-order valence-corrected chi connectivity index (χ0v) is 18.3. The van der Waals surface area contributed by atoms with E-state index in [4.69, 9.17) is 21.1 Å². The normalized spacial score (nSPS) is 14.8. The van der Waals surface area contributed by atoms with Gasteiger partial charge in [0.2, 0.25) is 5.28 Å². The highest BCUT2D eigenvalue weighted by Gasteiger charge is 2.33. The van der Waals surface area contributed by atoms with Crippen molar-refractivity contribution in [3.63, 3.8) is 0 Å². The third kappa shape index (κ3) is 4.14. The van der Waals surface area contributed by atoms with Gasteiger partial charge in [-0.15, -0.1) is 0 Å². The summed E-state index contributed by atoms with van der Waals surface area (Å²) >= 11 is 6.40. The van der Waals surface area contributed by atoms with Crippen molar-refractivity contribution in [1.82, 2.24) is 9.55 Å². The molecule has 2 aromatic carbocycles. The van der Waals surface area contributed by atoms with Crippen molar-refractivity contribution in [2.24, 2.45) is 0 Å². The summed E-state index contributed by atoms with van der Waals surface area (Å²) in [7, 11) is 1.28. The number of methoxy groups -OCH3 is 1. The summed E-state index contributed by atoms with van der Waals surface area (Å²) in [6.07, 6.45) is -4.46. The Morgan fingerprint density at radius 1 is 1.25 bits per heavy atom. The van der Waals surface area contributed by atoms with Gasteiger partial charge in [0.15, 0.2) is 0 Å². The number of nitrogens with zero attached hydrogens (tertiary/aromatic N) is 3. The van der Waals surface area contributed by atoms with Gasteiger partial charge in [0.05, 0.1) is 43.5 Å². The van der Waals surface area contributed by atoms with Gasteiger partial charge in [0.25, 0.3) is 0 Å². The van der Waals surface area contributed by atoms with Crippen LogP contribution in [0.15, 0.2) is 30.3 Å². The van der Waals surface area contributed by atoms with Crippen molar-refractivity contribution in [3.8, 4) is 0 Å². The molecule has 2 heterocycles. The maximum absolute atomic E-state index is 13.4. The second-order valence-corrected chi connectivity index (χ2v) is 7.84. The van der Waals surface area contributed by atoms with Crippen LogP contribution in [0.3, 0.4) is 0 Å². The monoisotopic (exact) mass is 467 g/mol. The molecule has 6 nitrogen and oxygen atoms in total. The van der Waals surface area contributed by atoms with Crippen molar-refractivity contribution in [3.05, 3.63) is 57.9 Å². The van der Waals surface area contributed by atoms with Crippen LogP contribution in [0.2, 0.25) is 5.28 Å². The lowest BCUT2D eigenvalue weighted by atomic mass is 10.0. The molecule has 0 spiro atoms. The van der Waals surface area contributed by atoms with Gasteiger partial charge in [-0.05, 0) is 47.9 Å². The van der Waals surface area contributed by atoms with E-state index in [1.807, 2.05) is 6.07 Å². The van der Waals surface area contributed by atoms with Crippen molar-refractivity contribution in [2.75, 3.05) is 38.3 Å². The Hall–Kier alpha value is -2.78. The van der Waals surface area contributed by atoms with Gasteiger partial charge in [-0.2, -0.15) is 13.2 Å². The van der Waals surface area contributed by atoms with Crippen molar-refractivity contribution < 1.29 is 27.4 Å². The van der Waals surface area contributed by atoms with E-state index in [0.29, 0.717) is 42.9 Å². The number of imidazole rings is 1. The summed E-state index contributed by atoms with van der Waals surface area (Å²) in [6, 6.07) is 7.59. The molecule has 0 saturated carbocycles. The Morgan fingerprint density at radius 3 is 2.62 bits per heavy atom. The molecule has 1 saturated heterocycles. The van der Waals surface area contributed by atoms with Crippen LogP contribution in [0, 0.1) is 6.92 Å². The topological polar surface area (TPSA) is 56.6 Å². The predicted octanol–water partition coefficient (Wildman–Crippen LogP) is 4.69. The standard InChI is InChI=1S/C22H21ClF3N3O3/c1-13-14(4-3-5-17(13)22(24,25)26)12-29-18-11-15(28-6-8-32-9-7-28)10-16(20(30)31-2)19(18)27-21(29)23/h3-5,10-11H,6-9,12H2,1-2H3. The second kappa shape index (κ2) is 8.63. The molecule has 0 N–H and O–H groups in total. The van der Waals surface area contributed by atoms with E-state index in [1.165, 1.54) is 20.1 Å². The number of alkyl halides is 3. The number of hydrogen-bond donors (Lipinski definition) is 0. The maximum Gasteiger partial charge on any atom is 0.416 e. The lowest BCUT2D eigenvalue weighted by Crippen LogP contribution is -2.36. The summed E-state index contributed by atoms with van der Waals surface area (Å²) in [5, 5.41) is 0.0705. The highest BCUT2D eigenvalue weighted by Crippen LogP contribution is 2.35. The predicted molar refractivity (Wildman–Crippen MR) is 114 cm³/mol. The first-order chi connectivity index (χ1) is 15.2. The number of carbonyl (C=O) groups excluding carboxylic acids is 1. The first kappa shape index (κ1) is 22.4. The minimum absolute atomic E-state index is 0.0677. The summed E-state index contributed by atoms with van der Waals surface area (Å²) in [5.74, 6) is -0.568. The number of anilines is 1. The largest absolute Gasteiger partial charge is 0.465 e. The Labute approximate surface area is 187 Å². The van der Waals surface area contributed by atoms with Crippen LogP contribution in [0.1, 0.15) is 27.0 Å². The number of rotatable bonds is 4. The molecule has 170 valence electrons. The summed E-state index contributed by atoms with van der Waals surface area (Å²) in [6.45, 7) is 3.88. The number of hydrogen-bond acceptors (Lipinski definition) is 5. The molecule has 10 heteroatoms. The molecule has 32 heavy (non-hydrogen) atoms. The molecule has 1 aromatic heterocycles. The molecule has 1 fully saturated rings. The third-order valence-corrected chi connectivity index (χ3v) is 5.94. The van der Waals surface area contributed by atoms with Crippen LogP contribution < -0.4 is 4.90 Å². The molecule has 0 unspecified atom stereocenters. The quantitative estimate of drug-likeness (QED) is 0.521. The molecular weight excluding hydrogens is 447 g/mol. The molecule has 1 aliphatic rings. The lowest BCUT2D eigenvalue weighted by molar-refractivity contribution is -0.138. The number of halogens is 4. The first-order valence-electron chi connectivity index (χ1n) is 9.97. The van der Waals surface area contributed by atoms with E-state index in [9.17, 15) is 18.0 Å². The number of aromatic nitrogens is 2. The van der Waals surface area contributed by atoms with E-state index >= 15 is 0 Å². The summed E-state index contributed by atoms with van der Waals surface area (Å²) < 4.78 is 52.0. The fraction of sp³-hybridized carbons (Fsp3) is 0.364. The number of benzene rings is 2. The van der Waals surface area contributed by atoms with Crippen molar-refractivity contribution in [2.45, 2.75) is 19.6 Å². The Balaban J connectivity index is 1.85. The number of ether oxygens (including phenoxy) is 2. The smallest absolute Gasteiger partial charge is 0.416 e. The van der Waals surface area contributed by atoms with Crippen molar-refractivity contribution >= 4 is 34.3 Å². The van der Waals surface area contributed by atoms with Crippen LogP contribution in [0.5, 0.6) is 0 Å². The molecular formula is C22H21ClF3N3O3. The van der Waals surface area contributed by atoms with Crippen LogP contribution in [-0.2, 0) is 22.2 Å². The highest BCUT2D eigenvalue weighted by atomic mass is 35.5. The van der Waals surface area contributed by atoms with Gasteiger partial charge in [-0.25, -0.2) is 9.78 Å². The Kier molecular flexibility index (Phi) is 6.05. The third-order valence-electron chi connectivity index (χ3n) is 5.65. The molecule has 0 radical (unpaired) electrons. The molecule has 0 bridgehead atoms. The fourth-order valence-corrected chi connectivity index (χ4v) is 4.17. The van der Waals surface area contributed by atoms with Gasteiger partial charge < -0.3 is 18.9 Å². The highest BCUT2D eigenvalue weighted by molar-refractivity contribution is 6.29. The van der Waals surface area contributed by atoms with E-state index in [-0.39, 0.29) is 23.0 Å². The molecule has 4 rings (SSSR count). The fourth-order valence-electron chi connectivity index (χ4n) is 3.93. The SMILES string of the molecule is COC(=O)c1cc(N2CCOCC2)cc2c1nc(Cl)n2Cc1cccc(C(F)(F)F)c1C. The van der Waals surface area contributed by atoms with Gasteiger partial charge in [-0.3, -0.25) is 0 Å². The zero-order chi connectivity index (χ0) is 23.0. The van der Waals surface area contributed by atoms with E-state index in [1.54, 1.807) is 16.7 Å². The number of fused-ring (bicyclic) bond motifs is 1. The number of esters is 1. The van der Waals surface area contributed by atoms with E-state index < -0.39 is 17.7 Å². The maximum atomic E-state index is 13.4. The Morgan fingerprint density at radius 2 is 1.97 bits per heavy atom. The summed E-state index contributed by atoms with van der Waals surface area (Å²) in [5.41, 5.74) is 1.76. The van der Waals surface area contributed by atoms with Crippen LogP contribution in [0.4, 0.5) is 18.9 Å². The molecule has 3 aromatic rings. The number of morpholine rings is 1. The van der Waals surface area contributed by atoms with E-state index in [2.05, 4.69) is 9.88 Å². The molecule has 0 aliphatic carbocycles. The molecule has 0 amide bonds. The van der Waals surface area contributed by atoms with Crippen molar-refractivity contribution in [1.29, 1.82) is 0 Å². The van der Waals surface area contributed by atoms with Crippen LogP contribution in [0.25, 0.3) is 11.0 Å². The Bertz CT molecular complexity index is 1170. The number of carbonyl (C=O) groups is 1. The van der Waals surface area contributed by atoms with Gasteiger partial charge in [0, 0.05) is 18.8 Å². The molecule has 0 atom stereocenters. The van der Waals surface area contributed by atoms with Gasteiger partial charge in [0.1, 0.15) is 5.52 Å². The lowest BCUT2D eigenvalue weighted by Gasteiger charge is -2.29. The van der Waals surface area contributed by atoms with Crippen LogP contribution in [-0.4, -0.2) is 48.9 Å². The van der Waals surface area contributed by atoms with Gasteiger partial charge >= 0.3 is 12.1 Å². The minimum atomic E-state index is -4.46. The first-order valence-corrected chi connectivity index (χ1v) is 10.3. The van der Waals surface area contributed by atoms with Crippen LogP contribution >= 0.6 is 11.6 Å². The summed E-state index contributed by atoms with van der Waals surface area (Å²) in [4.78, 5) is 18.9. The average molecular weight is 468 g/mol. The average Bonchev–Trinajstić information content (AvgIpc) is 3.08. The molecule has 1 aliphatic heterocycles. The minimum Gasteiger partial charge on any atom is -0.465 e. The second-order valence-electron chi connectivity index (χ2n) is 7.51. The van der Waals surface area contributed by atoms with Gasteiger partial charge in [-0.1, -0.05) is 12.1 Å². The van der Waals surface area contributed by atoms with E-state index in [0.717, 1.165) is 11.8 Å². The zero-order valence-electron chi connectivity index (χ0n) is 17.5.